The monoisotopic (exact) mass is 1220 g/mol. The number of hydrogen-bond acceptors (Lipinski definition) is 8. The van der Waals surface area contributed by atoms with Gasteiger partial charge in [0.2, 0.25) is 5.91 Å². The van der Waals surface area contributed by atoms with Crippen LogP contribution in [0.25, 0.3) is 0 Å². The molecule has 0 aromatic rings. The minimum atomic E-state index is -1.58. The number of carbonyl (C=O) groups is 1. The van der Waals surface area contributed by atoms with Crippen molar-refractivity contribution in [3.63, 3.8) is 0 Å². The molecule has 0 radical (unpaired) electrons. The summed E-state index contributed by atoms with van der Waals surface area (Å²) in [6.07, 6.45) is 88.5. The van der Waals surface area contributed by atoms with Crippen LogP contribution in [0, 0.1) is 0 Å². The standard InChI is InChI=1S/C78H141NO8/c1-3-5-7-9-11-13-15-17-19-21-23-25-27-29-31-32-33-34-35-36-37-38-39-40-42-44-46-48-50-52-54-56-58-60-62-64-66-68-74(82)79-71(70-86-78-77(85)76(84)75(83)73(69-80)87-78)72(81)67-65-63-61-59-57-55-53-51-49-47-45-43-41-30-28-26-24-22-20-18-16-14-12-10-8-6-4-2/h5,7,11,13,17,19,23,25,29,31,57,59,65,67,71-73,75-78,80-81,83-85H,3-4,6,8-10,12,14-16,18,20-22,24,26-28,30,32-56,58,60-64,66,68-70H2,1-2H3,(H,79,82)/b7-5-,13-11-,19-17-,25-23-,31-29-,59-57+,67-65+. The highest BCUT2D eigenvalue weighted by molar-refractivity contribution is 5.76. The Hall–Kier alpha value is -2.63. The minimum Gasteiger partial charge on any atom is -0.394 e. The third-order valence-corrected chi connectivity index (χ3v) is 17.5. The van der Waals surface area contributed by atoms with E-state index in [-0.39, 0.29) is 12.5 Å². The van der Waals surface area contributed by atoms with Crippen molar-refractivity contribution in [2.24, 2.45) is 0 Å². The van der Waals surface area contributed by atoms with E-state index < -0.39 is 49.5 Å². The van der Waals surface area contributed by atoms with Gasteiger partial charge in [0.05, 0.1) is 25.4 Å². The summed E-state index contributed by atoms with van der Waals surface area (Å²) in [5.41, 5.74) is 0. The molecule has 0 aromatic heterocycles. The molecule has 87 heavy (non-hydrogen) atoms. The summed E-state index contributed by atoms with van der Waals surface area (Å²) >= 11 is 0. The lowest BCUT2D eigenvalue weighted by Gasteiger charge is -2.40. The van der Waals surface area contributed by atoms with Crippen LogP contribution in [0.4, 0.5) is 0 Å². The van der Waals surface area contributed by atoms with Gasteiger partial charge in [-0.1, -0.05) is 349 Å². The molecule has 0 bridgehead atoms. The Kier molecular flexibility index (Phi) is 62.8. The quantitative estimate of drug-likeness (QED) is 0.0261. The predicted molar refractivity (Wildman–Crippen MR) is 373 cm³/mol. The fraction of sp³-hybridized carbons (Fsp3) is 0.808. The average Bonchev–Trinajstić information content (AvgIpc) is 3.37. The van der Waals surface area contributed by atoms with E-state index in [1.807, 2.05) is 6.08 Å². The fourth-order valence-electron chi connectivity index (χ4n) is 11.7. The van der Waals surface area contributed by atoms with Gasteiger partial charge in [0.1, 0.15) is 24.4 Å². The number of ether oxygens (including phenoxy) is 2. The molecular weight excluding hydrogens is 1080 g/mol. The van der Waals surface area contributed by atoms with Crippen molar-refractivity contribution in [3.8, 4) is 0 Å². The van der Waals surface area contributed by atoms with Crippen LogP contribution in [0.2, 0.25) is 0 Å². The number of aliphatic hydroxyl groups excluding tert-OH is 5. The number of amides is 1. The molecule has 0 aromatic carbocycles. The first-order valence-electron chi connectivity index (χ1n) is 37.3. The van der Waals surface area contributed by atoms with E-state index in [4.69, 9.17) is 9.47 Å². The minimum absolute atomic E-state index is 0.182. The lowest BCUT2D eigenvalue weighted by atomic mass is 9.99. The van der Waals surface area contributed by atoms with Gasteiger partial charge in [-0.05, 0) is 77.0 Å². The van der Waals surface area contributed by atoms with E-state index in [2.05, 4.69) is 92.1 Å². The number of allylic oxidation sites excluding steroid dienone is 13. The molecular formula is C78H141NO8. The molecule has 1 aliphatic rings. The highest BCUT2D eigenvalue weighted by Crippen LogP contribution is 2.23. The number of aliphatic hydroxyl groups is 5. The van der Waals surface area contributed by atoms with Crippen molar-refractivity contribution in [1.29, 1.82) is 0 Å². The van der Waals surface area contributed by atoms with Crippen LogP contribution < -0.4 is 5.32 Å². The highest BCUT2D eigenvalue weighted by Gasteiger charge is 2.44. The second kappa shape index (κ2) is 66.3. The number of carbonyl (C=O) groups excluding carboxylic acids is 1. The molecule has 6 N–H and O–H groups in total. The maximum atomic E-state index is 13.1. The van der Waals surface area contributed by atoms with E-state index in [1.54, 1.807) is 6.08 Å². The molecule has 1 amide bonds. The van der Waals surface area contributed by atoms with Crippen LogP contribution in [-0.2, 0) is 14.3 Å². The summed E-state index contributed by atoms with van der Waals surface area (Å²) in [5.74, 6) is -0.182. The molecule has 7 unspecified atom stereocenters. The molecule has 0 saturated carbocycles. The summed E-state index contributed by atoms with van der Waals surface area (Å²) in [4.78, 5) is 13.1. The molecule has 9 heteroatoms. The normalized spacial score (nSPS) is 18.4. The maximum absolute atomic E-state index is 13.1. The molecule has 7 atom stereocenters. The third kappa shape index (κ3) is 54.8. The van der Waals surface area contributed by atoms with Crippen LogP contribution in [0.15, 0.2) is 85.1 Å². The van der Waals surface area contributed by atoms with E-state index >= 15 is 0 Å². The topological polar surface area (TPSA) is 149 Å². The van der Waals surface area contributed by atoms with Crippen molar-refractivity contribution in [2.45, 2.75) is 391 Å². The molecule has 506 valence electrons. The van der Waals surface area contributed by atoms with Crippen LogP contribution in [-0.4, -0.2) is 87.5 Å². The molecule has 1 aliphatic heterocycles. The maximum Gasteiger partial charge on any atom is 0.220 e. The number of hydrogen-bond donors (Lipinski definition) is 6. The van der Waals surface area contributed by atoms with Gasteiger partial charge in [-0.15, -0.1) is 0 Å². The summed E-state index contributed by atoms with van der Waals surface area (Å²) in [6, 6.07) is -0.825. The second-order valence-corrected chi connectivity index (χ2v) is 25.7. The predicted octanol–water partition coefficient (Wildman–Crippen LogP) is 20.9. The zero-order valence-electron chi connectivity index (χ0n) is 56.8. The van der Waals surface area contributed by atoms with E-state index in [9.17, 15) is 30.3 Å². The van der Waals surface area contributed by atoms with E-state index in [0.29, 0.717) is 6.42 Å². The van der Waals surface area contributed by atoms with Gasteiger partial charge >= 0.3 is 0 Å². The van der Waals surface area contributed by atoms with E-state index in [0.717, 1.165) is 70.6 Å². The van der Waals surface area contributed by atoms with Gasteiger partial charge in [0, 0.05) is 6.42 Å². The molecule has 1 heterocycles. The molecule has 0 aliphatic carbocycles. The van der Waals surface area contributed by atoms with E-state index in [1.165, 1.54) is 257 Å². The lowest BCUT2D eigenvalue weighted by Crippen LogP contribution is -2.60. The van der Waals surface area contributed by atoms with Gasteiger partial charge in [-0.2, -0.15) is 0 Å². The van der Waals surface area contributed by atoms with Crippen LogP contribution in [0.5, 0.6) is 0 Å². The smallest absolute Gasteiger partial charge is 0.220 e. The Balaban J connectivity index is 2.10. The van der Waals surface area contributed by atoms with Crippen LogP contribution >= 0.6 is 0 Å². The zero-order chi connectivity index (χ0) is 62.8. The van der Waals surface area contributed by atoms with Crippen molar-refractivity contribution in [3.05, 3.63) is 85.1 Å². The Bertz CT molecular complexity index is 1650. The van der Waals surface area contributed by atoms with Crippen molar-refractivity contribution < 1.29 is 39.8 Å². The van der Waals surface area contributed by atoms with Crippen molar-refractivity contribution in [2.75, 3.05) is 13.2 Å². The lowest BCUT2D eigenvalue weighted by molar-refractivity contribution is -0.302. The molecule has 1 rings (SSSR count). The first-order valence-corrected chi connectivity index (χ1v) is 37.3. The molecule has 9 nitrogen and oxygen atoms in total. The van der Waals surface area contributed by atoms with Crippen LogP contribution in [0.3, 0.4) is 0 Å². The molecule has 0 spiro atoms. The third-order valence-electron chi connectivity index (χ3n) is 17.5. The highest BCUT2D eigenvalue weighted by atomic mass is 16.7. The van der Waals surface area contributed by atoms with Crippen molar-refractivity contribution in [1.82, 2.24) is 5.32 Å². The summed E-state index contributed by atoms with van der Waals surface area (Å²) in [7, 11) is 0. The number of nitrogens with one attached hydrogen (secondary N) is 1. The number of rotatable bonds is 65. The average molecular weight is 1220 g/mol. The summed E-state index contributed by atoms with van der Waals surface area (Å²) in [5, 5.41) is 54.8. The van der Waals surface area contributed by atoms with Gasteiger partial charge in [-0.25, -0.2) is 0 Å². The van der Waals surface area contributed by atoms with Gasteiger partial charge in [0.15, 0.2) is 6.29 Å². The van der Waals surface area contributed by atoms with Gasteiger partial charge in [0.25, 0.3) is 0 Å². The van der Waals surface area contributed by atoms with Crippen LogP contribution in [0.1, 0.15) is 348 Å². The molecule has 1 fully saturated rings. The first-order chi connectivity index (χ1) is 42.8. The second-order valence-electron chi connectivity index (χ2n) is 25.7. The fourth-order valence-corrected chi connectivity index (χ4v) is 11.7. The van der Waals surface area contributed by atoms with Gasteiger partial charge < -0.3 is 40.3 Å². The summed E-state index contributed by atoms with van der Waals surface area (Å²) < 4.78 is 11.3. The first kappa shape index (κ1) is 82.4. The summed E-state index contributed by atoms with van der Waals surface area (Å²) in [6.45, 7) is 3.69. The largest absolute Gasteiger partial charge is 0.394 e. The Morgan fingerprint density at radius 3 is 1.10 bits per heavy atom. The Morgan fingerprint density at radius 2 is 0.724 bits per heavy atom. The Labute approximate surface area is 537 Å². The van der Waals surface area contributed by atoms with Gasteiger partial charge in [-0.3, -0.25) is 4.79 Å². The SMILES string of the molecule is CC/C=C\C/C=C\C/C=C\C/C=C\C/C=C\CCCCCCCCCCCCCCCCCCCCCCCC(=O)NC(COC1OC(CO)C(O)C(O)C1O)C(O)/C=C/CC/C=C/CCCCCCCCCCCCCCCCCCCCCCC. The Morgan fingerprint density at radius 1 is 0.402 bits per heavy atom. The number of unbranched alkanes of at least 4 members (excludes halogenated alkanes) is 43. The van der Waals surface area contributed by atoms with Crippen molar-refractivity contribution >= 4 is 5.91 Å². The molecule has 1 saturated heterocycles. The zero-order valence-corrected chi connectivity index (χ0v) is 56.8.